The third kappa shape index (κ3) is 1.69. The predicted molar refractivity (Wildman–Crippen MR) is 52.7 cm³/mol. The monoisotopic (exact) mass is 175 g/mol. The molecule has 1 aliphatic heterocycles. The van der Waals surface area contributed by atoms with Crippen LogP contribution in [0.1, 0.15) is 25.1 Å². The van der Waals surface area contributed by atoms with Crippen molar-refractivity contribution in [2.24, 2.45) is 12.0 Å². The van der Waals surface area contributed by atoms with Gasteiger partial charge in [-0.15, -0.1) is 0 Å². The molecule has 0 atom stereocenters. The van der Waals surface area contributed by atoms with Crippen molar-refractivity contribution in [2.75, 3.05) is 0 Å². The van der Waals surface area contributed by atoms with Gasteiger partial charge in [0, 0.05) is 25.6 Å². The zero-order chi connectivity index (χ0) is 9.10. The van der Waals surface area contributed by atoms with Crippen LogP contribution < -0.4 is 0 Å². The van der Waals surface area contributed by atoms with E-state index in [1.807, 2.05) is 30.2 Å². The number of nitrogens with zero attached hydrogens (tertiary/aromatic N) is 3. The van der Waals surface area contributed by atoms with E-state index in [0.717, 1.165) is 24.4 Å². The van der Waals surface area contributed by atoms with Crippen molar-refractivity contribution in [3.8, 4) is 0 Å². The quantitative estimate of drug-likeness (QED) is 0.641. The minimum atomic E-state index is 0.992. The fourth-order valence-electron chi connectivity index (χ4n) is 1.48. The summed E-state index contributed by atoms with van der Waals surface area (Å²) in [6.45, 7) is 0. The number of hydrogen-bond donors (Lipinski definition) is 0. The summed E-state index contributed by atoms with van der Waals surface area (Å²) in [6.07, 6.45) is 11.1. The second-order valence-corrected chi connectivity index (χ2v) is 3.21. The first kappa shape index (κ1) is 8.23. The van der Waals surface area contributed by atoms with Crippen LogP contribution in [0.2, 0.25) is 0 Å². The van der Waals surface area contributed by atoms with Gasteiger partial charge in [-0.3, -0.25) is 4.99 Å². The number of aliphatic imine (C=N–C) groups is 1. The number of imidazole rings is 1. The summed E-state index contributed by atoms with van der Waals surface area (Å²) in [5.41, 5.74) is 1.10. The van der Waals surface area contributed by atoms with Gasteiger partial charge in [0.05, 0.1) is 5.71 Å². The number of aryl methyl sites for hydroxylation is 1. The number of hydrogen-bond acceptors (Lipinski definition) is 2. The van der Waals surface area contributed by atoms with Crippen molar-refractivity contribution < 1.29 is 0 Å². The highest BCUT2D eigenvalue weighted by Crippen LogP contribution is 2.10. The molecule has 68 valence electrons. The van der Waals surface area contributed by atoms with Gasteiger partial charge in [0.1, 0.15) is 0 Å². The lowest BCUT2D eigenvalue weighted by molar-refractivity contribution is 0.862. The number of rotatable bonds is 1. The molecule has 0 bridgehead atoms. The molecule has 0 spiro atoms. The molecule has 0 unspecified atom stereocenters. The average molecular weight is 175 g/mol. The standard InChI is InChI=1S/C10H13N3/c1-13-8-7-12-10(13)9-5-3-2-4-6-11-9/h4,6-8H,2-3,5H2,1H3. The molecular weight excluding hydrogens is 162 g/mol. The normalized spacial score (nSPS) is 16.8. The molecule has 3 nitrogen and oxygen atoms in total. The molecule has 0 N–H and O–H groups in total. The van der Waals surface area contributed by atoms with Crippen LogP contribution >= 0.6 is 0 Å². The molecule has 0 saturated heterocycles. The summed E-state index contributed by atoms with van der Waals surface area (Å²) in [5.74, 6) is 0.992. The van der Waals surface area contributed by atoms with Crippen molar-refractivity contribution >= 4 is 5.71 Å². The van der Waals surface area contributed by atoms with E-state index in [4.69, 9.17) is 0 Å². The molecule has 1 aromatic rings. The molecule has 1 aliphatic rings. The van der Waals surface area contributed by atoms with Gasteiger partial charge in [-0.05, 0) is 19.3 Å². The molecule has 0 amide bonds. The van der Waals surface area contributed by atoms with Gasteiger partial charge in [-0.1, -0.05) is 6.08 Å². The van der Waals surface area contributed by atoms with Crippen LogP contribution in [0, 0.1) is 0 Å². The minimum Gasteiger partial charge on any atom is -0.333 e. The van der Waals surface area contributed by atoms with E-state index < -0.39 is 0 Å². The van der Waals surface area contributed by atoms with Gasteiger partial charge >= 0.3 is 0 Å². The first-order valence-corrected chi connectivity index (χ1v) is 4.57. The molecule has 2 heterocycles. The Balaban J connectivity index is 2.30. The lowest BCUT2D eigenvalue weighted by Crippen LogP contribution is -2.07. The summed E-state index contributed by atoms with van der Waals surface area (Å²) in [6, 6.07) is 0. The Kier molecular flexibility index (Phi) is 2.25. The SMILES string of the molecule is Cn1ccnc1C1=NC=CCCC1. The van der Waals surface area contributed by atoms with E-state index in [9.17, 15) is 0 Å². The van der Waals surface area contributed by atoms with Gasteiger partial charge in [-0.2, -0.15) is 0 Å². The highest BCUT2D eigenvalue weighted by molar-refractivity contribution is 5.98. The lowest BCUT2D eigenvalue weighted by Gasteiger charge is -2.02. The van der Waals surface area contributed by atoms with Gasteiger partial charge in [0.15, 0.2) is 5.82 Å². The van der Waals surface area contributed by atoms with Crippen molar-refractivity contribution in [3.05, 3.63) is 30.5 Å². The minimum absolute atomic E-state index is 0.992. The average Bonchev–Trinajstić information content (AvgIpc) is 2.43. The molecular formula is C10H13N3. The predicted octanol–water partition coefficient (Wildman–Crippen LogP) is 1.91. The van der Waals surface area contributed by atoms with Crippen LogP contribution in [0.3, 0.4) is 0 Å². The van der Waals surface area contributed by atoms with Gasteiger partial charge in [0.2, 0.25) is 0 Å². The van der Waals surface area contributed by atoms with Crippen LogP contribution in [0.15, 0.2) is 29.7 Å². The largest absolute Gasteiger partial charge is 0.333 e. The van der Waals surface area contributed by atoms with E-state index in [0.29, 0.717) is 0 Å². The molecule has 0 aromatic carbocycles. The van der Waals surface area contributed by atoms with Gasteiger partial charge in [0.25, 0.3) is 0 Å². The van der Waals surface area contributed by atoms with Crippen molar-refractivity contribution in [3.63, 3.8) is 0 Å². The maximum Gasteiger partial charge on any atom is 0.154 e. The van der Waals surface area contributed by atoms with Gasteiger partial charge < -0.3 is 4.57 Å². The maximum absolute atomic E-state index is 4.38. The fraction of sp³-hybridized carbons (Fsp3) is 0.400. The van der Waals surface area contributed by atoms with Crippen LogP contribution in [0.25, 0.3) is 0 Å². The molecule has 0 fully saturated rings. The zero-order valence-corrected chi connectivity index (χ0v) is 7.77. The molecule has 0 aliphatic carbocycles. The summed E-state index contributed by atoms with van der Waals surface area (Å²) in [4.78, 5) is 8.66. The Morgan fingerprint density at radius 1 is 1.46 bits per heavy atom. The molecule has 0 radical (unpaired) electrons. The van der Waals surface area contributed by atoms with Crippen LogP contribution in [-0.4, -0.2) is 15.3 Å². The van der Waals surface area contributed by atoms with Crippen LogP contribution in [-0.2, 0) is 7.05 Å². The van der Waals surface area contributed by atoms with Gasteiger partial charge in [-0.25, -0.2) is 4.98 Å². The Labute approximate surface area is 77.8 Å². The highest BCUT2D eigenvalue weighted by atomic mass is 15.0. The molecule has 1 aromatic heterocycles. The summed E-state index contributed by atoms with van der Waals surface area (Å²) >= 11 is 0. The van der Waals surface area contributed by atoms with Crippen molar-refractivity contribution in [1.29, 1.82) is 0 Å². The third-order valence-electron chi connectivity index (χ3n) is 2.20. The first-order chi connectivity index (χ1) is 6.38. The maximum atomic E-state index is 4.38. The second kappa shape index (κ2) is 3.56. The molecule has 13 heavy (non-hydrogen) atoms. The van der Waals surface area contributed by atoms with E-state index >= 15 is 0 Å². The smallest absolute Gasteiger partial charge is 0.154 e. The Hall–Kier alpha value is -1.38. The number of allylic oxidation sites excluding steroid dienone is 1. The van der Waals surface area contributed by atoms with E-state index in [1.165, 1.54) is 6.42 Å². The zero-order valence-electron chi connectivity index (χ0n) is 7.77. The Bertz CT molecular complexity index is 347. The highest BCUT2D eigenvalue weighted by Gasteiger charge is 2.08. The molecule has 3 heteroatoms. The summed E-state index contributed by atoms with van der Waals surface area (Å²) in [7, 11) is 2.00. The number of aromatic nitrogens is 2. The second-order valence-electron chi connectivity index (χ2n) is 3.21. The van der Waals surface area contributed by atoms with Crippen LogP contribution in [0.5, 0.6) is 0 Å². The van der Waals surface area contributed by atoms with Crippen LogP contribution in [0.4, 0.5) is 0 Å². The van der Waals surface area contributed by atoms with Crippen molar-refractivity contribution in [1.82, 2.24) is 9.55 Å². The Morgan fingerprint density at radius 2 is 2.38 bits per heavy atom. The van der Waals surface area contributed by atoms with Crippen molar-refractivity contribution in [2.45, 2.75) is 19.3 Å². The summed E-state index contributed by atoms with van der Waals surface area (Å²) in [5, 5.41) is 0. The lowest BCUT2D eigenvalue weighted by atomic mass is 10.1. The van der Waals surface area contributed by atoms with E-state index in [-0.39, 0.29) is 0 Å². The molecule has 2 rings (SSSR count). The molecule has 0 saturated carbocycles. The van der Waals surface area contributed by atoms with E-state index in [1.54, 1.807) is 0 Å². The van der Waals surface area contributed by atoms with E-state index in [2.05, 4.69) is 16.1 Å². The Morgan fingerprint density at radius 3 is 3.15 bits per heavy atom. The first-order valence-electron chi connectivity index (χ1n) is 4.57. The fourth-order valence-corrected chi connectivity index (χ4v) is 1.48. The third-order valence-corrected chi connectivity index (χ3v) is 2.20. The summed E-state index contributed by atoms with van der Waals surface area (Å²) < 4.78 is 2.01. The topological polar surface area (TPSA) is 30.2 Å².